The fourth-order valence-electron chi connectivity index (χ4n) is 7.26. The summed E-state index contributed by atoms with van der Waals surface area (Å²) in [5, 5.41) is 2.57. The smallest absolute Gasteiger partial charge is 0.275 e. The molecule has 39 heavy (non-hydrogen) atoms. The predicted molar refractivity (Wildman–Crippen MR) is 137 cm³/mol. The van der Waals surface area contributed by atoms with E-state index in [4.69, 9.17) is 4.74 Å². The largest absolute Gasteiger partial charge is 0.483 e. The lowest BCUT2D eigenvalue weighted by atomic mass is 9.49. The van der Waals surface area contributed by atoms with Gasteiger partial charge in [0.15, 0.2) is 11.4 Å². The van der Waals surface area contributed by atoms with Crippen molar-refractivity contribution in [2.24, 2.45) is 11.3 Å². The molecule has 2 unspecified atom stereocenters. The zero-order valence-corrected chi connectivity index (χ0v) is 21.2. The topological polar surface area (TPSA) is 80.6 Å². The maximum atomic E-state index is 14.1. The Kier molecular flexibility index (Phi) is 5.40. The summed E-state index contributed by atoms with van der Waals surface area (Å²) in [6.45, 7) is 0.314. The molecule has 4 aliphatic rings. The van der Waals surface area contributed by atoms with Crippen molar-refractivity contribution in [1.82, 2.24) is 14.8 Å². The Bertz CT molecular complexity index is 1570. The number of aromatic nitrogens is 1. The first kappa shape index (κ1) is 24.1. The normalized spacial score (nSPS) is 25.9. The number of hydrogen-bond acceptors (Lipinski definition) is 4. The zero-order chi connectivity index (χ0) is 26.9. The Morgan fingerprint density at radius 1 is 1.08 bits per heavy atom. The quantitative estimate of drug-likeness (QED) is 0.521. The van der Waals surface area contributed by atoms with E-state index < -0.39 is 23.0 Å². The molecule has 200 valence electrons. The maximum absolute atomic E-state index is 14.1. The summed E-state index contributed by atoms with van der Waals surface area (Å²) < 4.78 is 35.1. The van der Waals surface area contributed by atoms with Crippen LogP contribution in [0.1, 0.15) is 57.7 Å². The van der Waals surface area contributed by atoms with Gasteiger partial charge in [0, 0.05) is 37.0 Å². The molecule has 4 atom stereocenters. The van der Waals surface area contributed by atoms with Gasteiger partial charge >= 0.3 is 0 Å². The fourth-order valence-corrected chi connectivity index (χ4v) is 7.26. The minimum absolute atomic E-state index is 0.0277. The van der Waals surface area contributed by atoms with E-state index in [-0.39, 0.29) is 59.1 Å². The first-order valence-electron chi connectivity index (χ1n) is 13.4. The van der Waals surface area contributed by atoms with Crippen LogP contribution in [0.25, 0.3) is 0 Å². The standard InChI is InChI=1S/C30H27F2N3O4/c31-19-7-6-18(22(32)12-19)13-33-28(37)20-14-34-15-23-21-8-10-30(21)11-9-24(30)35(23)29(38)25(34)27(26(20)36)39-16-17-4-2-1-3-5-17/h1-7,12,14,21,23-24H,8-11,13,15-16H2,(H,33,37)/t21-,23?,24+,30?/m0/s1. The van der Waals surface area contributed by atoms with Gasteiger partial charge in [-0.25, -0.2) is 8.78 Å². The van der Waals surface area contributed by atoms with Crippen LogP contribution in [0.3, 0.4) is 0 Å². The number of nitrogens with zero attached hydrogens (tertiary/aromatic N) is 2. The third-order valence-corrected chi connectivity index (χ3v) is 9.35. The molecule has 2 aliphatic heterocycles. The maximum Gasteiger partial charge on any atom is 0.275 e. The first-order chi connectivity index (χ1) is 18.9. The molecule has 2 aliphatic carbocycles. The van der Waals surface area contributed by atoms with Gasteiger partial charge in [-0.2, -0.15) is 0 Å². The number of halogens is 2. The monoisotopic (exact) mass is 531 g/mol. The summed E-state index contributed by atoms with van der Waals surface area (Å²) in [5.41, 5.74) is 0.410. The van der Waals surface area contributed by atoms with Gasteiger partial charge in [-0.15, -0.1) is 0 Å². The van der Waals surface area contributed by atoms with Gasteiger partial charge < -0.3 is 19.5 Å². The van der Waals surface area contributed by atoms with E-state index in [2.05, 4.69) is 5.32 Å². The van der Waals surface area contributed by atoms with Crippen LogP contribution in [0.4, 0.5) is 8.78 Å². The van der Waals surface area contributed by atoms with E-state index >= 15 is 0 Å². The third kappa shape index (κ3) is 3.55. The Hall–Kier alpha value is -4.01. The highest BCUT2D eigenvalue weighted by Gasteiger charge is 2.69. The minimum atomic E-state index is -0.791. The van der Waals surface area contributed by atoms with E-state index in [9.17, 15) is 23.2 Å². The number of pyridine rings is 1. The predicted octanol–water partition coefficient (Wildman–Crippen LogP) is 4.03. The lowest BCUT2D eigenvalue weighted by molar-refractivity contribution is -0.0438. The van der Waals surface area contributed by atoms with Crippen molar-refractivity contribution in [2.45, 2.75) is 57.5 Å². The number of amides is 2. The van der Waals surface area contributed by atoms with Gasteiger partial charge in [-0.1, -0.05) is 36.4 Å². The van der Waals surface area contributed by atoms with Gasteiger partial charge in [0.25, 0.3) is 11.8 Å². The van der Waals surface area contributed by atoms with E-state index in [1.807, 2.05) is 35.2 Å². The van der Waals surface area contributed by atoms with Crippen molar-refractivity contribution in [3.8, 4) is 5.75 Å². The molecule has 0 radical (unpaired) electrons. The van der Waals surface area contributed by atoms with Crippen molar-refractivity contribution in [3.63, 3.8) is 0 Å². The molecular formula is C30H27F2N3O4. The number of fused-ring (bicyclic) bond motifs is 4. The Morgan fingerprint density at radius 3 is 2.56 bits per heavy atom. The fraction of sp³-hybridized carbons (Fsp3) is 0.367. The van der Waals surface area contributed by atoms with Crippen molar-refractivity contribution < 1.29 is 23.1 Å². The second-order valence-corrected chi connectivity index (χ2v) is 11.1. The van der Waals surface area contributed by atoms with E-state index in [1.165, 1.54) is 12.3 Å². The van der Waals surface area contributed by atoms with Gasteiger partial charge in [0.05, 0.1) is 6.04 Å². The summed E-state index contributed by atoms with van der Waals surface area (Å²) >= 11 is 0. The zero-order valence-electron chi connectivity index (χ0n) is 21.2. The Balaban J connectivity index is 1.25. The van der Waals surface area contributed by atoms with Crippen LogP contribution < -0.4 is 15.5 Å². The lowest BCUT2D eigenvalue weighted by Gasteiger charge is -2.55. The highest BCUT2D eigenvalue weighted by molar-refractivity contribution is 5.99. The molecule has 1 N–H and O–H groups in total. The number of carbonyl (C=O) groups is 2. The molecule has 2 saturated carbocycles. The molecule has 3 fully saturated rings. The molecule has 3 heterocycles. The average Bonchev–Trinajstić information content (AvgIpc) is 3.01. The van der Waals surface area contributed by atoms with Crippen molar-refractivity contribution >= 4 is 11.8 Å². The molecule has 2 amide bonds. The van der Waals surface area contributed by atoms with Crippen LogP contribution in [0.15, 0.2) is 59.5 Å². The van der Waals surface area contributed by atoms with Crippen LogP contribution in [0, 0.1) is 23.0 Å². The summed E-state index contributed by atoms with van der Waals surface area (Å²) in [5.74, 6) is -2.16. The second-order valence-electron chi connectivity index (χ2n) is 11.1. The van der Waals surface area contributed by atoms with E-state index in [0.29, 0.717) is 12.5 Å². The highest BCUT2D eigenvalue weighted by Crippen LogP contribution is 2.68. The number of nitrogens with one attached hydrogen (secondary N) is 1. The van der Waals surface area contributed by atoms with Gasteiger partial charge in [0.2, 0.25) is 5.43 Å². The van der Waals surface area contributed by atoms with Crippen molar-refractivity contribution in [3.05, 3.63) is 99.0 Å². The van der Waals surface area contributed by atoms with Crippen LogP contribution in [-0.2, 0) is 19.7 Å². The number of benzene rings is 2. The van der Waals surface area contributed by atoms with Crippen LogP contribution in [-0.4, -0.2) is 33.4 Å². The Morgan fingerprint density at radius 2 is 1.87 bits per heavy atom. The van der Waals surface area contributed by atoms with Crippen LogP contribution in [0.5, 0.6) is 5.75 Å². The molecule has 7 nitrogen and oxygen atoms in total. The molecular weight excluding hydrogens is 504 g/mol. The van der Waals surface area contributed by atoms with E-state index in [1.54, 1.807) is 4.57 Å². The van der Waals surface area contributed by atoms with E-state index in [0.717, 1.165) is 43.4 Å². The Labute approximate surface area is 223 Å². The molecule has 1 spiro atoms. The molecule has 7 rings (SSSR count). The number of carbonyl (C=O) groups excluding carboxylic acids is 2. The van der Waals surface area contributed by atoms with Crippen LogP contribution >= 0.6 is 0 Å². The molecule has 1 saturated heterocycles. The first-order valence-corrected chi connectivity index (χ1v) is 13.4. The van der Waals surface area contributed by atoms with Crippen molar-refractivity contribution in [2.75, 3.05) is 0 Å². The highest BCUT2D eigenvalue weighted by atomic mass is 19.1. The molecule has 3 aromatic rings. The SMILES string of the molecule is O=C(NCc1ccc(F)cc1F)c1cn2c(c(OCc3ccccc3)c1=O)C(=O)N1C(C2)[C@@H]2CCC23CC[C@@H]13. The molecule has 0 bridgehead atoms. The van der Waals surface area contributed by atoms with Crippen molar-refractivity contribution in [1.29, 1.82) is 0 Å². The summed E-state index contributed by atoms with van der Waals surface area (Å²) in [7, 11) is 0. The summed E-state index contributed by atoms with van der Waals surface area (Å²) in [6.07, 6.45) is 5.74. The summed E-state index contributed by atoms with van der Waals surface area (Å²) in [4.78, 5) is 42.8. The number of hydrogen-bond donors (Lipinski definition) is 1. The molecule has 1 aromatic heterocycles. The van der Waals surface area contributed by atoms with Gasteiger partial charge in [-0.05, 0) is 48.6 Å². The van der Waals surface area contributed by atoms with Gasteiger partial charge in [-0.3, -0.25) is 14.4 Å². The van der Waals surface area contributed by atoms with Gasteiger partial charge in [0.1, 0.15) is 23.8 Å². The number of rotatable bonds is 6. The molecule has 2 aromatic carbocycles. The minimum Gasteiger partial charge on any atom is -0.483 e. The molecule has 9 heteroatoms. The second kappa shape index (κ2) is 8.76. The summed E-state index contributed by atoms with van der Waals surface area (Å²) in [6, 6.07) is 12.6. The number of ether oxygens (including phenoxy) is 1. The van der Waals surface area contributed by atoms with Crippen LogP contribution in [0.2, 0.25) is 0 Å². The average molecular weight is 532 g/mol. The lowest BCUT2D eigenvalue weighted by Crippen LogP contribution is -2.55. The third-order valence-electron chi connectivity index (χ3n) is 9.35.